The normalized spacial score (nSPS) is 11.3. The highest BCUT2D eigenvalue weighted by atomic mass is 16.2. The van der Waals surface area contributed by atoms with Gasteiger partial charge in [-0.2, -0.15) is 0 Å². The number of hydrogen-bond donors (Lipinski definition) is 1. The fourth-order valence-corrected chi connectivity index (χ4v) is 2.28. The second-order valence-electron chi connectivity index (χ2n) is 5.67. The maximum Gasteiger partial charge on any atom is 0.155 e. The van der Waals surface area contributed by atoms with Crippen molar-refractivity contribution in [3.63, 3.8) is 0 Å². The van der Waals surface area contributed by atoms with Gasteiger partial charge in [0, 0.05) is 13.0 Å². The van der Waals surface area contributed by atoms with Crippen LogP contribution in [0.5, 0.6) is 0 Å². The van der Waals surface area contributed by atoms with Crippen LogP contribution >= 0.6 is 0 Å². The van der Waals surface area contributed by atoms with Crippen LogP contribution in [0.1, 0.15) is 90.4 Å². The minimum absolute atomic E-state index is 0.276. The maximum absolute atomic E-state index is 11.6. The summed E-state index contributed by atoms with van der Waals surface area (Å²) in [5.74, 6) is 0.276. The summed E-state index contributed by atoms with van der Waals surface area (Å²) >= 11 is 0. The quantitative estimate of drug-likeness (QED) is 0.331. The van der Waals surface area contributed by atoms with E-state index >= 15 is 0 Å². The van der Waals surface area contributed by atoms with Gasteiger partial charge in [-0.1, -0.05) is 64.4 Å². The predicted octanol–water partition coefficient (Wildman–Crippen LogP) is 5.20. The highest BCUT2D eigenvalue weighted by Gasteiger charge is 1.97. The third-order valence-corrected chi connectivity index (χ3v) is 3.61. The second-order valence-corrected chi connectivity index (χ2v) is 5.67. The molecular weight excluding hydrogens is 248 g/mol. The van der Waals surface area contributed by atoms with Crippen molar-refractivity contribution in [3.05, 3.63) is 12.2 Å². The standard InChI is InChI=1S/C18H34O2/c1-2-3-4-5-6-7-9-12-15-18(20)16-13-10-8-11-14-17-19/h12,15,19H,2-11,13-14,16-17H2,1H3/b15-12+. The van der Waals surface area contributed by atoms with Crippen LogP contribution in [0.4, 0.5) is 0 Å². The van der Waals surface area contributed by atoms with Crippen molar-refractivity contribution < 1.29 is 9.90 Å². The number of allylic oxidation sites excluding steroid dienone is 2. The lowest BCUT2D eigenvalue weighted by molar-refractivity contribution is -0.114. The molecule has 2 nitrogen and oxygen atoms in total. The number of rotatable bonds is 15. The highest BCUT2D eigenvalue weighted by molar-refractivity contribution is 5.89. The zero-order valence-corrected chi connectivity index (χ0v) is 13.4. The van der Waals surface area contributed by atoms with Crippen molar-refractivity contribution in [2.24, 2.45) is 0 Å². The van der Waals surface area contributed by atoms with E-state index in [0.29, 0.717) is 13.0 Å². The van der Waals surface area contributed by atoms with Crippen LogP contribution in [0.2, 0.25) is 0 Å². The SMILES string of the molecule is CCCCCCCC/C=C/C(=O)CCCCCCCO. The maximum atomic E-state index is 11.6. The molecule has 1 N–H and O–H groups in total. The van der Waals surface area contributed by atoms with Crippen molar-refractivity contribution in [1.29, 1.82) is 0 Å². The number of carbonyl (C=O) groups excluding carboxylic acids is 1. The fraction of sp³-hybridized carbons (Fsp3) is 0.833. The zero-order chi connectivity index (χ0) is 14.9. The van der Waals surface area contributed by atoms with Gasteiger partial charge in [0.2, 0.25) is 0 Å². The lowest BCUT2D eigenvalue weighted by Crippen LogP contribution is -1.92. The lowest BCUT2D eigenvalue weighted by Gasteiger charge is -1.99. The van der Waals surface area contributed by atoms with E-state index in [1.807, 2.05) is 6.08 Å². The molecule has 0 fully saturated rings. The van der Waals surface area contributed by atoms with E-state index < -0.39 is 0 Å². The molecule has 0 aromatic rings. The molecule has 0 saturated carbocycles. The van der Waals surface area contributed by atoms with Crippen LogP contribution in [0.15, 0.2) is 12.2 Å². The summed E-state index contributed by atoms with van der Waals surface area (Å²) in [5, 5.41) is 8.65. The Morgan fingerprint density at radius 1 is 0.850 bits per heavy atom. The van der Waals surface area contributed by atoms with Gasteiger partial charge < -0.3 is 5.11 Å². The van der Waals surface area contributed by atoms with Gasteiger partial charge in [0.25, 0.3) is 0 Å². The van der Waals surface area contributed by atoms with Gasteiger partial charge in [0.1, 0.15) is 0 Å². The fourth-order valence-electron chi connectivity index (χ4n) is 2.28. The third kappa shape index (κ3) is 15.4. The van der Waals surface area contributed by atoms with E-state index in [9.17, 15) is 4.79 Å². The van der Waals surface area contributed by atoms with E-state index in [2.05, 4.69) is 6.92 Å². The highest BCUT2D eigenvalue weighted by Crippen LogP contribution is 2.08. The summed E-state index contributed by atoms with van der Waals surface area (Å²) in [5.41, 5.74) is 0. The summed E-state index contributed by atoms with van der Waals surface area (Å²) < 4.78 is 0. The first-order valence-corrected chi connectivity index (χ1v) is 8.61. The molecule has 2 heteroatoms. The molecule has 0 aliphatic carbocycles. The average molecular weight is 282 g/mol. The molecule has 0 radical (unpaired) electrons. The molecule has 0 rings (SSSR count). The first kappa shape index (κ1) is 19.4. The molecule has 0 spiro atoms. The number of aliphatic hydroxyl groups is 1. The molecule has 0 unspecified atom stereocenters. The monoisotopic (exact) mass is 282 g/mol. The van der Waals surface area contributed by atoms with Gasteiger partial charge in [0.15, 0.2) is 5.78 Å². The lowest BCUT2D eigenvalue weighted by atomic mass is 10.1. The molecule has 0 aliphatic rings. The number of carbonyl (C=O) groups is 1. The van der Waals surface area contributed by atoms with E-state index in [0.717, 1.165) is 38.5 Å². The minimum Gasteiger partial charge on any atom is -0.396 e. The molecule has 0 amide bonds. The largest absolute Gasteiger partial charge is 0.396 e. The zero-order valence-electron chi connectivity index (χ0n) is 13.4. The van der Waals surface area contributed by atoms with Crippen LogP contribution < -0.4 is 0 Å². The Morgan fingerprint density at radius 3 is 2.15 bits per heavy atom. The molecule has 0 atom stereocenters. The van der Waals surface area contributed by atoms with Gasteiger partial charge >= 0.3 is 0 Å². The number of unbranched alkanes of at least 4 members (excludes halogenated alkanes) is 10. The van der Waals surface area contributed by atoms with Crippen molar-refractivity contribution in [2.45, 2.75) is 90.4 Å². The van der Waals surface area contributed by atoms with E-state index in [-0.39, 0.29) is 5.78 Å². The van der Waals surface area contributed by atoms with Crippen LogP contribution in [-0.4, -0.2) is 17.5 Å². The first-order valence-electron chi connectivity index (χ1n) is 8.61. The van der Waals surface area contributed by atoms with Gasteiger partial charge in [-0.05, 0) is 31.8 Å². The first-order chi connectivity index (χ1) is 9.81. The molecule has 0 aromatic heterocycles. The topological polar surface area (TPSA) is 37.3 Å². The Labute approximate surface area is 125 Å². The minimum atomic E-state index is 0.276. The molecule has 0 saturated heterocycles. The van der Waals surface area contributed by atoms with Crippen molar-refractivity contribution in [1.82, 2.24) is 0 Å². The summed E-state index contributed by atoms with van der Waals surface area (Å²) in [6, 6.07) is 0. The van der Waals surface area contributed by atoms with Gasteiger partial charge in [-0.3, -0.25) is 4.79 Å². The second kappa shape index (κ2) is 16.4. The molecule has 0 bridgehead atoms. The summed E-state index contributed by atoms with van der Waals surface area (Å²) in [4.78, 5) is 11.6. The summed E-state index contributed by atoms with van der Waals surface area (Å²) in [6.45, 7) is 2.53. The molecule has 0 aromatic carbocycles. The predicted molar refractivity (Wildman–Crippen MR) is 86.9 cm³/mol. The molecule has 118 valence electrons. The number of hydrogen-bond acceptors (Lipinski definition) is 2. The van der Waals surface area contributed by atoms with Crippen molar-refractivity contribution in [3.8, 4) is 0 Å². The van der Waals surface area contributed by atoms with Gasteiger partial charge in [-0.25, -0.2) is 0 Å². The van der Waals surface area contributed by atoms with Crippen LogP contribution in [0.25, 0.3) is 0 Å². The van der Waals surface area contributed by atoms with E-state index in [1.54, 1.807) is 6.08 Å². The molecule has 20 heavy (non-hydrogen) atoms. The Kier molecular flexibility index (Phi) is 15.9. The third-order valence-electron chi connectivity index (χ3n) is 3.61. The Morgan fingerprint density at radius 2 is 1.45 bits per heavy atom. The van der Waals surface area contributed by atoms with E-state index in [1.165, 1.54) is 38.5 Å². The van der Waals surface area contributed by atoms with Crippen molar-refractivity contribution >= 4 is 5.78 Å². The molecule has 0 aliphatic heterocycles. The molecular formula is C18H34O2. The Bertz CT molecular complexity index is 234. The van der Waals surface area contributed by atoms with E-state index in [4.69, 9.17) is 5.11 Å². The summed E-state index contributed by atoms with van der Waals surface area (Å²) in [6.07, 6.45) is 18.6. The van der Waals surface area contributed by atoms with Gasteiger partial charge in [-0.15, -0.1) is 0 Å². The number of ketones is 1. The Balaban J connectivity index is 3.27. The van der Waals surface area contributed by atoms with Crippen LogP contribution in [0, 0.1) is 0 Å². The van der Waals surface area contributed by atoms with Crippen molar-refractivity contribution in [2.75, 3.05) is 6.61 Å². The Hall–Kier alpha value is -0.630. The van der Waals surface area contributed by atoms with Crippen LogP contribution in [-0.2, 0) is 4.79 Å². The van der Waals surface area contributed by atoms with Gasteiger partial charge in [0.05, 0.1) is 0 Å². The average Bonchev–Trinajstić information content (AvgIpc) is 2.45. The smallest absolute Gasteiger partial charge is 0.155 e. The van der Waals surface area contributed by atoms with Crippen LogP contribution in [0.3, 0.4) is 0 Å². The number of aliphatic hydroxyl groups excluding tert-OH is 1. The summed E-state index contributed by atoms with van der Waals surface area (Å²) in [7, 11) is 0. The molecule has 0 heterocycles.